The molecule has 2 nitrogen and oxygen atoms in total. The van der Waals surface area contributed by atoms with Crippen LogP contribution in [0.4, 0.5) is 0 Å². The fraction of sp³-hybridized carbons (Fsp3) is 0.727. The Kier molecular flexibility index (Phi) is 4.04. The van der Waals surface area contributed by atoms with Crippen LogP contribution in [-0.4, -0.2) is 22.2 Å². The van der Waals surface area contributed by atoms with Crippen LogP contribution in [0.2, 0.25) is 0 Å². The second-order valence-corrected chi connectivity index (χ2v) is 9.61. The van der Waals surface area contributed by atoms with Crippen molar-refractivity contribution < 1.29 is 4.84 Å². The van der Waals surface area contributed by atoms with Gasteiger partial charge < -0.3 is 0 Å². The first-order valence-corrected chi connectivity index (χ1v) is 9.90. The maximum absolute atomic E-state index is 6.92. The first-order valence-electron chi connectivity index (χ1n) is 9.90. The molecule has 4 rings (SSSR count). The third-order valence-corrected chi connectivity index (χ3v) is 6.93. The molecule has 3 fully saturated rings. The zero-order chi connectivity index (χ0) is 16.9. The van der Waals surface area contributed by atoms with Crippen LogP contribution in [0.1, 0.15) is 77.7 Å². The van der Waals surface area contributed by atoms with Gasteiger partial charge in [0.1, 0.15) is 0 Å². The fourth-order valence-electron chi connectivity index (χ4n) is 5.91. The summed E-state index contributed by atoms with van der Waals surface area (Å²) < 4.78 is 0. The molecule has 1 saturated heterocycles. The van der Waals surface area contributed by atoms with Crippen LogP contribution in [0.15, 0.2) is 30.3 Å². The van der Waals surface area contributed by atoms with E-state index >= 15 is 0 Å². The van der Waals surface area contributed by atoms with Crippen LogP contribution >= 0.6 is 0 Å². The molecule has 2 heteroatoms. The number of rotatable bonds is 3. The normalized spacial score (nSPS) is 37.7. The summed E-state index contributed by atoms with van der Waals surface area (Å²) >= 11 is 0. The molecule has 0 spiro atoms. The van der Waals surface area contributed by atoms with Crippen molar-refractivity contribution >= 4 is 0 Å². The number of benzene rings is 1. The van der Waals surface area contributed by atoms with Gasteiger partial charge in [-0.1, -0.05) is 30.3 Å². The minimum absolute atomic E-state index is 0.130. The van der Waals surface area contributed by atoms with Gasteiger partial charge in [0.05, 0.1) is 6.10 Å². The summed E-state index contributed by atoms with van der Waals surface area (Å²) in [5.41, 5.74) is 1.75. The monoisotopic (exact) mass is 327 g/mol. The minimum atomic E-state index is 0.130. The van der Waals surface area contributed by atoms with Crippen LogP contribution in [0.5, 0.6) is 0 Å². The number of fused-ring (bicyclic) bond motifs is 2. The maximum Gasteiger partial charge on any atom is 0.0892 e. The summed E-state index contributed by atoms with van der Waals surface area (Å²) in [7, 11) is 0. The molecule has 3 aliphatic rings. The van der Waals surface area contributed by atoms with E-state index in [0.29, 0.717) is 12.0 Å². The summed E-state index contributed by atoms with van der Waals surface area (Å²) in [6.45, 7) is 9.44. The SMILES string of the molecule is CC1(C)CCCC(C)(C)N1O[C@H]1C2CCC(C2)[C@H]1c1ccccc1. The lowest BCUT2D eigenvalue weighted by Crippen LogP contribution is -2.60. The average Bonchev–Trinajstić information content (AvgIpc) is 3.12. The molecule has 0 N–H and O–H groups in total. The molecule has 0 amide bonds. The predicted molar refractivity (Wildman–Crippen MR) is 98.7 cm³/mol. The van der Waals surface area contributed by atoms with E-state index in [0.717, 1.165) is 11.8 Å². The summed E-state index contributed by atoms with van der Waals surface area (Å²) in [6, 6.07) is 11.1. The number of hydrogen-bond donors (Lipinski definition) is 0. The fourth-order valence-corrected chi connectivity index (χ4v) is 5.91. The van der Waals surface area contributed by atoms with E-state index < -0.39 is 0 Å². The average molecular weight is 328 g/mol. The summed E-state index contributed by atoms with van der Waals surface area (Å²) in [5.74, 6) is 2.14. The second-order valence-electron chi connectivity index (χ2n) is 9.61. The Hall–Kier alpha value is -0.860. The molecule has 1 aliphatic heterocycles. The van der Waals surface area contributed by atoms with Gasteiger partial charge in [0, 0.05) is 17.0 Å². The Morgan fingerprint density at radius 1 is 0.917 bits per heavy atom. The molecule has 4 atom stereocenters. The van der Waals surface area contributed by atoms with E-state index in [1.165, 1.54) is 44.1 Å². The maximum atomic E-state index is 6.92. The zero-order valence-corrected chi connectivity index (χ0v) is 15.8. The molecule has 2 aliphatic carbocycles. The zero-order valence-electron chi connectivity index (χ0n) is 15.8. The largest absolute Gasteiger partial charge is 0.294 e. The van der Waals surface area contributed by atoms with Crippen molar-refractivity contribution in [1.29, 1.82) is 0 Å². The molecule has 1 aromatic carbocycles. The Morgan fingerprint density at radius 3 is 2.21 bits per heavy atom. The Bertz CT molecular complexity index is 563. The Balaban J connectivity index is 1.62. The van der Waals surface area contributed by atoms with Gasteiger partial charge in [0.25, 0.3) is 0 Å². The molecule has 0 radical (unpaired) electrons. The molecule has 1 heterocycles. The van der Waals surface area contributed by atoms with Crippen molar-refractivity contribution in [3.63, 3.8) is 0 Å². The van der Waals surface area contributed by atoms with E-state index in [4.69, 9.17) is 4.84 Å². The number of nitrogens with zero attached hydrogens (tertiary/aromatic N) is 1. The lowest BCUT2D eigenvalue weighted by atomic mass is 9.80. The van der Waals surface area contributed by atoms with E-state index in [-0.39, 0.29) is 11.1 Å². The van der Waals surface area contributed by atoms with Crippen molar-refractivity contribution in [2.75, 3.05) is 0 Å². The Morgan fingerprint density at radius 2 is 1.54 bits per heavy atom. The summed E-state index contributed by atoms with van der Waals surface area (Å²) in [5, 5.41) is 2.39. The van der Waals surface area contributed by atoms with Crippen LogP contribution in [0.25, 0.3) is 0 Å². The van der Waals surface area contributed by atoms with Crippen LogP contribution in [0.3, 0.4) is 0 Å². The van der Waals surface area contributed by atoms with E-state index in [1.54, 1.807) is 0 Å². The highest BCUT2D eigenvalue weighted by Gasteiger charge is 2.52. The molecule has 2 unspecified atom stereocenters. The van der Waals surface area contributed by atoms with Gasteiger partial charge in [-0.2, -0.15) is 5.06 Å². The van der Waals surface area contributed by atoms with Gasteiger partial charge >= 0.3 is 0 Å². The smallest absolute Gasteiger partial charge is 0.0892 e. The molecule has 132 valence electrons. The molecule has 0 aromatic heterocycles. The van der Waals surface area contributed by atoms with E-state index in [2.05, 4.69) is 63.1 Å². The first-order chi connectivity index (χ1) is 11.4. The highest BCUT2D eigenvalue weighted by atomic mass is 16.7. The van der Waals surface area contributed by atoms with Crippen molar-refractivity contribution in [3.05, 3.63) is 35.9 Å². The van der Waals surface area contributed by atoms with E-state index in [9.17, 15) is 0 Å². The lowest BCUT2D eigenvalue weighted by molar-refractivity contribution is -0.314. The quantitative estimate of drug-likeness (QED) is 0.722. The third-order valence-electron chi connectivity index (χ3n) is 6.93. The standard InChI is InChI=1S/C22H33NO/c1-21(2)13-8-14-22(3,4)23(21)24-20-18-12-11-17(15-18)19(20)16-9-6-5-7-10-16/h5-7,9-10,17-20H,8,11-15H2,1-4H3/t17?,18?,19-,20+/m1/s1. The van der Waals surface area contributed by atoms with Gasteiger partial charge in [-0.05, 0) is 83.6 Å². The van der Waals surface area contributed by atoms with Gasteiger partial charge in [-0.15, -0.1) is 0 Å². The number of hydroxylamine groups is 2. The number of hydrogen-bond acceptors (Lipinski definition) is 2. The van der Waals surface area contributed by atoms with Crippen LogP contribution in [-0.2, 0) is 4.84 Å². The van der Waals surface area contributed by atoms with Gasteiger partial charge in [0.2, 0.25) is 0 Å². The first kappa shape index (κ1) is 16.6. The van der Waals surface area contributed by atoms with Gasteiger partial charge in [-0.25, -0.2) is 0 Å². The Labute approximate surface area is 147 Å². The predicted octanol–water partition coefficient (Wildman–Crippen LogP) is 5.54. The molecule has 1 aromatic rings. The van der Waals surface area contributed by atoms with Crippen molar-refractivity contribution in [3.8, 4) is 0 Å². The molecule has 2 bridgehead atoms. The topological polar surface area (TPSA) is 12.5 Å². The minimum Gasteiger partial charge on any atom is -0.294 e. The molecule has 2 saturated carbocycles. The molecular weight excluding hydrogens is 294 g/mol. The van der Waals surface area contributed by atoms with Crippen molar-refractivity contribution in [2.45, 2.75) is 89.3 Å². The molecular formula is C22H33NO. The highest BCUT2D eigenvalue weighted by molar-refractivity contribution is 5.25. The third kappa shape index (κ3) is 2.72. The summed E-state index contributed by atoms with van der Waals surface area (Å²) in [4.78, 5) is 6.92. The van der Waals surface area contributed by atoms with Crippen LogP contribution < -0.4 is 0 Å². The van der Waals surface area contributed by atoms with E-state index in [1.807, 2.05) is 0 Å². The van der Waals surface area contributed by atoms with Crippen LogP contribution in [0, 0.1) is 11.8 Å². The lowest BCUT2D eigenvalue weighted by Gasteiger charge is -2.53. The van der Waals surface area contributed by atoms with Gasteiger partial charge in [0.15, 0.2) is 0 Å². The second kappa shape index (κ2) is 5.85. The summed E-state index contributed by atoms with van der Waals surface area (Å²) in [6.07, 6.45) is 8.23. The van der Waals surface area contributed by atoms with Crippen molar-refractivity contribution in [1.82, 2.24) is 5.06 Å². The van der Waals surface area contributed by atoms with Crippen molar-refractivity contribution in [2.24, 2.45) is 11.8 Å². The molecule has 24 heavy (non-hydrogen) atoms. The number of piperidine rings is 1. The highest BCUT2D eigenvalue weighted by Crippen LogP contribution is 2.55. The van der Waals surface area contributed by atoms with Gasteiger partial charge in [-0.3, -0.25) is 4.84 Å².